The average molecular weight is 363 g/mol. The Morgan fingerprint density at radius 2 is 1.36 bits per heavy atom. The topological polar surface area (TPSA) is 0 Å². The number of rotatable bonds is 15. The molecule has 0 aromatic heterocycles. The third-order valence-corrected chi connectivity index (χ3v) is 6.40. The molecule has 1 unspecified atom stereocenters. The number of hydrogen-bond acceptors (Lipinski definition) is 0. The molecule has 0 rings (SSSR count). The van der Waals surface area contributed by atoms with E-state index in [-0.39, 0.29) is 0 Å². The summed E-state index contributed by atoms with van der Waals surface area (Å²) in [6, 6.07) is 1.43. The third-order valence-electron chi connectivity index (χ3n) is 4.47. The van der Waals surface area contributed by atoms with Crippen LogP contribution in [-0.4, -0.2) is 8.07 Å². The van der Waals surface area contributed by atoms with Crippen molar-refractivity contribution in [3.05, 3.63) is 36.5 Å². The minimum Gasteiger partial charge on any atom is -0.0882 e. The molecule has 0 nitrogen and oxygen atoms in total. The van der Waals surface area contributed by atoms with Gasteiger partial charge >= 0.3 is 0 Å². The Morgan fingerprint density at radius 1 is 0.720 bits per heavy atom. The summed E-state index contributed by atoms with van der Waals surface area (Å²) in [6.45, 7) is 14.4. The summed E-state index contributed by atoms with van der Waals surface area (Å²) in [5, 5.41) is 0. The van der Waals surface area contributed by atoms with Crippen LogP contribution >= 0.6 is 0 Å². The zero-order valence-electron chi connectivity index (χ0n) is 18.2. The molecule has 0 aromatic rings. The molecule has 1 heteroatoms. The molecule has 0 fully saturated rings. The molecule has 0 aromatic carbocycles. The minimum atomic E-state index is -0.893. The highest BCUT2D eigenvalue weighted by Gasteiger charge is 2.15. The molecule has 146 valence electrons. The highest BCUT2D eigenvalue weighted by Crippen LogP contribution is 2.19. The van der Waals surface area contributed by atoms with E-state index in [2.05, 4.69) is 76.9 Å². The fraction of sp³-hybridized carbons (Fsp3) is 0.750. The molecule has 0 amide bonds. The van der Waals surface area contributed by atoms with E-state index in [0.717, 1.165) is 18.3 Å². The van der Waals surface area contributed by atoms with Crippen LogP contribution in [0.5, 0.6) is 0 Å². The average Bonchev–Trinajstić information content (AvgIpc) is 2.49. The van der Waals surface area contributed by atoms with E-state index in [0.29, 0.717) is 0 Å². The van der Waals surface area contributed by atoms with Crippen LogP contribution in [0.25, 0.3) is 0 Å². The van der Waals surface area contributed by atoms with Gasteiger partial charge in [0.15, 0.2) is 0 Å². The standard InChI is InChI=1S/C24H46Si/c1-23(2)20-18-16-14-12-10-8-7-9-11-13-15-17-19-21-24(3)22-25(4,5)6/h7,9,13,15,17,19,23-24H,8,10-12,14,16,18,20-22H2,1-6H3/b9-7+,15-13+,19-17+. The van der Waals surface area contributed by atoms with E-state index in [1.165, 1.54) is 57.4 Å². The minimum absolute atomic E-state index is 0.835. The summed E-state index contributed by atoms with van der Waals surface area (Å²) in [7, 11) is -0.893. The van der Waals surface area contributed by atoms with Gasteiger partial charge in [0, 0.05) is 8.07 Å². The zero-order chi connectivity index (χ0) is 19.0. The molecule has 0 saturated carbocycles. The molecule has 0 aliphatic rings. The van der Waals surface area contributed by atoms with E-state index in [9.17, 15) is 0 Å². The van der Waals surface area contributed by atoms with Crippen LogP contribution in [0.2, 0.25) is 25.7 Å². The van der Waals surface area contributed by atoms with Gasteiger partial charge in [0.25, 0.3) is 0 Å². The van der Waals surface area contributed by atoms with Crippen LogP contribution in [0, 0.1) is 11.8 Å². The van der Waals surface area contributed by atoms with E-state index >= 15 is 0 Å². The van der Waals surface area contributed by atoms with Crippen LogP contribution in [0.4, 0.5) is 0 Å². The second-order valence-corrected chi connectivity index (χ2v) is 14.9. The van der Waals surface area contributed by atoms with E-state index in [1.807, 2.05) is 0 Å². The van der Waals surface area contributed by atoms with Gasteiger partial charge in [-0.3, -0.25) is 0 Å². The highest BCUT2D eigenvalue weighted by atomic mass is 28.3. The summed E-state index contributed by atoms with van der Waals surface area (Å²) >= 11 is 0. The van der Waals surface area contributed by atoms with Gasteiger partial charge in [0.1, 0.15) is 0 Å². The molecular weight excluding hydrogens is 316 g/mol. The van der Waals surface area contributed by atoms with Gasteiger partial charge in [-0.05, 0) is 37.5 Å². The van der Waals surface area contributed by atoms with Crippen LogP contribution in [0.15, 0.2) is 36.5 Å². The van der Waals surface area contributed by atoms with Gasteiger partial charge in [-0.15, -0.1) is 0 Å². The van der Waals surface area contributed by atoms with Crippen molar-refractivity contribution in [2.75, 3.05) is 0 Å². The summed E-state index contributed by atoms with van der Waals surface area (Å²) < 4.78 is 0. The van der Waals surface area contributed by atoms with Crippen LogP contribution in [0.1, 0.15) is 78.6 Å². The fourth-order valence-electron chi connectivity index (χ4n) is 3.31. The lowest BCUT2D eigenvalue weighted by molar-refractivity contribution is 0.516. The number of unbranched alkanes of at least 4 members (excludes halogenated alkanes) is 5. The maximum atomic E-state index is 2.46. The maximum Gasteiger partial charge on any atom is 0.0445 e. The maximum absolute atomic E-state index is 2.46. The Labute approximate surface area is 160 Å². The van der Waals surface area contributed by atoms with Crippen LogP contribution in [-0.2, 0) is 0 Å². The molecule has 0 aliphatic heterocycles. The second-order valence-electron chi connectivity index (χ2n) is 9.41. The quantitative estimate of drug-likeness (QED) is 0.118. The normalized spacial score (nSPS) is 14.5. The summed E-state index contributed by atoms with van der Waals surface area (Å²) in [5.41, 5.74) is 0. The van der Waals surface area contributed by atoms with Crippen molar-refractivity contribution in [3.8, 4) is 0 Å². The first-order chi connectivity index (χ1) is 11.8. The lowest BCUT2D eigenvalue weighted by atomic mass is 10.0. The van der Waals surface area contributed by atoms with E-state index in [4.69, 9.17) is 0 Å². The Balaban J connectivity index is 3.49. The van der Waals surface area contributed by atoms with Crippen LogP contribution < -0.4 is 0 Å². The van der Waals surface area contributed by atoms with Gasteiger partial charge in [0.05, 0.1) is 0 Å². The van der Waals surface area contributed by atoms with Gasteiger partial charge < -0.3 is 0 Å². The van der Waals surface area contributed by atoms with Crippen LogP contribution in [0.3, 0.4) is 0 Å². The summed E-state index contributed by atoms with van der Waals surface area (Å²) in [5.74, 6) is 1.71. The lowest BCUT2D eigenvalue weighted by Gasteiger charge is -2.20. The molecule has 0 saturated heterocycles. The molecule has 0 aliphatic carbocycles. The largest absolute Gasteiger partial charge is 0.0882 e. The lowest BCUT2D eigenvalue weighted by Crippen LogP contribution is -2.22. The smallest absolute Gasteiger partial charge is 0.0445 e. The first-order valence-electron chi connectivity index (χ1n) is 10.8. The molecular formula is C24H46Si. The predicted molar refractivity (Wildman–Crippen MR) is 121 cm³/mol. The van der Waals surface area contributed by atoms with Crippen molar-refractivity contribution in [2.45, 2.75) is 104 Å². The molecule has 0 heterocycles. The van der Waals surface area contributed by atoms with Gasteiger partial charge in [0.2, 0.25) is 0 Å². The van der Waals surface area contributed by atoms with Gasteiger partial charge in [-0.25, -0.2) is 0 Å². The van der Waals surface area contributed by atoms with Crippen molar-refractivity contribution in [1.82, 2.24) is 0 Å². The molecule has 0 N–H and O–H groups in total. The van der Waals surface area contributed by atoms with Gasteiger partial charge in [-0.1, -0.05) is 115 Å². The third kappa shape index (κ3) is 21.4. The first kappa shape index (κ1) is 24.4. The fourth-order valence-corrected chi connectivity index (χ4v) is 5.57. The van der Waals surface area contributed by atoms with Gasteiger partial charge in [-0.2, -0.15) is 0 Å². The molecule has 25 heavy (non-hydrogen) atoms. The van der Waals surface area contributed by atoms with Crippen molar-refractivity contribution < 1.29 is 0 Å². The molecule has 0 bridgehead atoms. The van der Waals surface area contributed by atoms with E-state index < -0.39 is 8.07 Å². The Morgan fingerprint density at radius 3 is 2.04 bits per heavy atom. The van der Waals surface area contributed by atoms with Crippen molar-refractivity contribution in [1.29, 1.82) is 0 Å². The number of hydrogen-bond donors (Lipinski definition) is 0. The predicted octanol–water partition coefficient (Wildman–Crippen LogP) is 8.80. The van der Waals surface area contributed by atoms with Crippen molar-refractivity contribution in [2.24, 2.45) is 11.8 Å². The Hall–Kier alpha value is -0.563. The monoisotopic (exact) mass is 362 g/mol. The SMILES string of the molecule is CC(C)CCCCCCC/C=C/C/C=C/C=C/CC(C)C[Si](C)(C)C. The number of allylic oxidation sites excluding steroid dienone is 6. The zero-order valence-corrected chi connectivity index (χ0v) is 19.2. The molecule has 0 radical (unpaired) electrons. The first-order valence-corrected chi connectivity index (χ1v) is 14.5. The van der Waals surface area contributed by atoms with Crippen molar-refractivity contribution >= 4 is 8.07 Å². The van der Waals surface area contributed by atoms with Crippen molar-refractivity contribution in [3.63, 3.8) is 0 Å². The highest BCUT2D eigenvalue weighted by molar-refractivity contribution is 6.76. The Bertz CT molecular complexity index is 368. The summed E-state index contributed by atoms with van der Waals surface area (Å²) in [6.07, 6.45) is 25.7. The van der Waals surface area contributed by atoms with E-state index in [1.54, 1.807) is 0 Å². The molecule has 1 atom stereocenters. The summed E-state index contributed by atoms with van der Waals surface area (Å²) in [4.78, 5) is 0. The second kappa shape index (κ2) is 15.7. The Kier molecular flexibility index (Phi) is 15.3. The molecule has 0 spiro atoms.